The van der Waals surface area contributed by atoms with Crippen molar-refractivity contribution in [3.63, 3.8) is 0 Å². The molecule has 0 aromatic rings. The molecule has 0 amide bonds. The average molecular weight is 179 g/mol. The fourth-order valence-electron chi connectivity index (χ4n) is 1.76. The van der Waals surface area contributed by atoms with Gasteiger partial charge in [0.2, 0.25) is 0 Å². The van der Waals surface area contributed by atoms with E-state index in [2.05, 4.69) is 20.4 Å². The van der Waals surface area contributed by atoms with E-state index in [1.165, 1.54) is 0 Å². The third-order valence-corrected chi connectivity index (χ3v) is 2.59. The second kappa shape index (κ2) is 3.46. The number of carbonyl (C=O) groups is 1. The number of hydrogen-bond donors (Lipinski definition) is 1. The Labute approximate surface area is 79.5 Å². The Morgan fingerprint density at radius 2 is 2.23 bits per heavy atom. The summed E-state index contributed by atoms with van der Waals surface area (Å²) < 4.78 is 0. The summed E-state index contributed by atoms with van der Waals surface area (Å²) in [6.07, 6.45) is 3.28. The van der Waals surface area contributed by atoms with Gasteiger partial charge in [-0.05, 0) is 36.5 Å². The zero-order valence-electron chi connectivity index (χ0n) is 8.39. The molecule has 0 fully saturated rings. The molecule has 72 valence electrons. The van der Waals surface area contributed by atoms with Gasteiger partial charge < -0.3 is 5.73 Å². The van der Waals surface area contributed by atoms with Crippen molar-refractivity contribution in [3.8, 4) is 0 Å². The van der Waals surface area contributed by atoms with E-state index in [1.807, 2.05) is 0 Å². The number of rotatable bonds is 2. The standard InChI is InChI=1S/C11H17NO/c1-8-7-11(2,3)9(4-5-12)6-10(8)13/h6H,1,4-5,7,12H2,2-3H3. The summed E-state index contributed by atoms with van der Waals surface area (Å²) in [6, 6.07) is 0. The molecule has 0 atom stereocenters. The topological polar surface area (TPSA) is 43.1 Å². The minimum Gasteiger partial charge on any atom is -0.330 e. The molecular weight excluding hydrogens is 162 g/mol. The van der Waals surface area contributed by atoms with Crippen LogP contribution in [0.5, 0.6) is 0 Å². The lowest BCUT2D eigenvalue weighted by Crippen LogP contribution is -2.25. The van der Waals surface area contributed by atoms with Gasteiger partial charge in [-0.3, -0.25) is 4.79 Å². The molecule has 2 nitrogen and oxygen atoms in total. The van der Waals surface area contributed by atoms with E-state index < -0.39 is 0 Å². The Hall–Kier alpha value is -0.890. The van der Waals surface area contributed by atoms with Gasteiger partial charge in [-0.2, -0.15) is 0 Å². The molecule has 0 spiro atoms. The van der Waals surface area contributed by atoms with Crippen LogP contribution in [0.3, 0.4) is 0 Å². The van der Waals surface area contributed by atoms with Crippen LogP contribution < -0.4 is 5.73 Å². The summed E-state index contributed by atoms with van der Waals surface area (Å²) in [5.41, 5.74) is 7.42. The molecule has 0 bridgehead atoms. The Morgan fingerprint density at radius 3 is 2.77 bits per heavy atom. The number of ketones is 1. The first-order chi connectivity index (χ1) is 5.97. The number of allylic oxidation sites excluding steroid dienone is 2. The molecule has 0 unspecified atom stereocenters. The van der Waals surface area contributed by atoms with Gasteiger partial charge in [0.1, 0.15) is 0 Å². The van der Waals surface area contributed by atoms with Crippen molar-refractivity contribution in [3.05, 3.63) is 23.8 Å². The Bertz CT molecular complexity index is 274. The highest BCUT2D eigenvalue weighted by Crippen LogP contribution is 2.38. The summed E-state index contributed by atoms with van der Waals surface area (Å²) >= 11 is 0. The van der Waals surface area contributed by atoms with Crippen LogP contribution in [0.1, 0.15) is 26.7 Å². The van der Waals surface area contributed by atoms with Crippen molar-refractivity contribution in [2.45, 2.75) is 26.7 Å². The maximum atomic E-state index is 11.4. The third-order valence-electron chi connectivity index (χ3n) is 2.59. The monoisotopic (exact) mass is 179 g/mol. The SMILES string of the molecule is C=C1CC(C)(C)C(CCN)=CC1=O. The Morgan fingerprint density at radius 1 is 1.62 bits per heavy atom. The van der Waals surface area contributed by atoms with E-state index in [1.54, 1.807) is 6.08 Å². The molecular formula is C11H17NO. The second-order valence-electron chi connectivity index (χ2n) is 4.24. The predicted molar refractivity (Wildman–Crippen MR) is 54.3 cm³/mol. The minimum absolute atomic E-state index is 0.0599. The highest BCUT2D eigenvalue weighted by atomic mass is 16.1. The van der Waals surface area contributed by atoms with Gasteiger partial charge in [0, 0.05) is 0 Å². The first-order valence-corrected chi connectivity index (χ1v) is 4.60. The zero-order valence-corrected chi connectivity index (χ0v) is 8.39. The van der Waals surface area contributed by atoms with Crippen LogP contribution >= 0.6 is 0 Å². The van der Waals surface area contributed by atoms with Crippen LogP contribution in [-0.2, 0) is 4.79 Å². The highest BCUT2D eigenvalue weighted by Gasteiger charge is 2.29. The van der Waals surface area contributed by atoms with E-state index in [0.29, 0.717) is 12.1 Å². The largest absolute Gasteiger partial charge is 0.330 e. The summed E-state index contributed by atoms with van der Waals surface area (Å²) in [6.45, 7) is 8.63. The minimum atomic E-state index is 0.0599. The molecule has 1 rings (SSSR count). The van der Waals surface area contributed by atoms with Crippen LogP contribution in [0.2, 0.25) is 0 Å². The van der Waals surface area contributed by atoms with Gasteiger partial charge in [0.05, 0.1) is 0 Å². The zero-order chi connectivity index (χ0) is 10.1. The highest BCUT2D eigenvalue weighted by molar-refractivity contribution is 6.05. The van der Waals surface area contributed by atoms with Gasteiger partial charge >= 0.3 is 0 Å². The molecule has 0 saturated heterocycles. The van der Waals surface area contributed by atoms with Crippen molar-refractivity contribution in [2.75, 3.05) is 6.54 Å². The lowest BCUT2D eigenvalue weighted by atomic mass is 9.72. The summed E-state index contributed by atoms with van der Waals surface area (Å²) in [7, 11) is 0. The molecule has 1 aliphatic carbocycles. The number of hydrogen-bond acceptors (Lipinski definition) is 2. The number of nitrogens with two attached hydrogens (primary N) is 1. The fourth-order valence-corrected chi connectivity index (χ4v) is 1.76. The van der Waals surface area contributed by atoms with Gasteiger partial charge in [0.25, 0.3) is 0 Å². The lowest BCUT2D eigenvalue weighted by Gasteiger charge is -2.32. The smallest absolute Gasteiger partial charge is 0.181 e. The molecule has 0 aromatic carbocycles. The summed E-state index contributed by atoms with van der Waals surface area (Å²) in [5, 5.41) is 0. The molecule has 2 N–H and O–H groups in total. The van der Waals surface area contributed by atoms with Crippen molar-refractivity contribution in [1.82, 2.24) is 0 Å². The average Bonchev–Trinajstić information content (AvgIpc) is 2.00. The van der Waals surface area contributed by atoms with E-state index >= 15 is 0 Å². The van der Waals surface area contributed by atoms with Crippen molar-refractivity contribution in [2.24, 2.45) is 11.1 Å². The molecule has 0 saturated carbocycles. The van der Waals surface area contributed by atoms with Crippen LogP contribution in [-0.4, -0.2) is 12.3 Å². The maximum Gasteiger partial charge on any atom is 0.181 e. The van der Waals surface area contributed by atoms with E-state index in [0.717, 1.165) is 18.4 Å². The van der Waals surface area contributed by atoms with Gasteiger partial charge in [-0.1, -0.05) is 26.0 Å². The van der Waals surface area contributed by atoms with Gasteiger partial charge in [0.15, 0.2) is 5.78 Å². The maximum absolute atomic E-state index is 11.4. The summed E-state index contributed by atoms with van der Waals surface area (Å²) in [4.78, 5) is 11.4. The van der Waals surface area contributed by atoms with Crippen LogP contribution in [0.25, 0.3) is 0 Å². The molecule has 2 heteroatoms. The molecule has 0 aromatic heterocycles. The molecule has 13 heavy (non-hydrogen) atoms. The molecule has 0 heterocycles. The van der Waals surface area contributed by atoms with Crippen molar-refractivity contribution in [1.29, 1.82) is 0 Å². The quantitative estimate of drug-likeness (QED) is 0.657. The normalized spacial score (nSPS) is 21.6. The predicted octanol–water partition coefficient (Wildman–Crippen LogP) is 1.82. The van der Waals surface area contributed by atoms with Crippen molar-refractivity contribution >= 4 is 5.78 Å². The molecule has 0 aliphatic heterocycles. The van der Waals surface area contributed by atoms with E-state index in [9.17, 15) is 4.79 Å². The molecule has 1 aliphatic rings. The fraction of sp³-hybridized carbons (Fsp3) is 0.545. The van der Waals surface area contributed by atoms with E-state index in [-0.39, 0.29) is 11.2 Å². The third kappa shape index (κ3) is 2.07. The first kappa shape index (κ1) is 10.2. The molecule has 0 radical (unpaired) electrons. The first-order valence-electron chi connectivity index (χ1n) is 4.60. The Kier molecular flexibility index (Phi) is 2.71. The lowest BCUT2D eigenvalue weighted by molar-refractivity contribution is -0.112. The van der Waals surface area contributed by atoms with Gasteiger partial charge in [-0.15, -0.1) is 0 Å². The van der Waals surface area contributed by atoms with Crippen LogP contribution in [0, 0.1) is 5.41 Å². The van der Waals surface area contributed by atoms with E-state index in [4.69, 9.17) is 5.73 Å². The Balaban J connectivity index is 2.95. The van der Waals surface area contributed by atoms with Crippen LogP contribution in [0.15, 0.2) is 23.8 Å². The second-order valence-corrected chi connectivity index (χ2v) is 4.24. The summed E-state index contributed by atoms with van der Waals surface area (Å²) in [5.74, 6) is 0.0720. The van der Waals surface area contributed by atoms with Crippen molar-refractivity contribution < 1.29 is 4.79 Å². The van der Waals surface area contributed by atoms with Crippen LogP contribution in [0.4, 0.5) is 0 Å². The number of carbonyl (C=O) groups excluding carboxylic acids is 1. The van der Waals surface area contributed by atoms with Gasteiger partial charge in [-0.25, -0.2) is 0 Å².